The van der Waals surface area contributed by atoms with Crippen molar-refractivity contribution in [3.63, 3.8) is 0 Å². The van der Waals surface area contributed by atoms with E-state index in [9.17, 15) is 14.7 Å². The van der Waals surface area contributed by atoms with Gasteiger partial charge in [0.05, 0.1) is 10.4 Å². The van der Waals surface area contributed by atoms with Crippen molar-refractivity contribution in [3.05, 3.63) is 59.1 Å². The smallest absolute Gasteiger partial charge is 0.276 e. The highest BCUT2D eigenvalue weighted by molar-refractivity contribution is 7.13. The van der Waals surface area contributed by atoms with E-state index in [4.69, 9.17) is 4.52 Å². The zero-order valence-electron chi connectivity index (χ0n) is 14.4. The lowest BCUT2D eigenvalue weighted by atomic mass is 10.1. The number of aromatic nitrogens is 1. The Labute approximate surface area is 159 Å². The molecule has 3 heterocycles. The van der Waals surface area contributed by atoms with Crippen LogP contribution in [0.4, 0.5) is 0 Å². The number of carbonyl (C=O) groups is 2. The lowest BCUT2D eigenvalue weighted by molar-refractivity contribution is 0.0528. The van der Waals surface area contributed by atoms with E-state index in [1.54, 1.807) is 34.1 Å². The largest absolute Gasteiger partial charge is 0.507 e. The van der Waals surface area contributed by atoms with Gasteiger partial charge >= 0.3 is 0 Å². The van der Waals surface area contributed by atoms with Gasteiger partial charge in [0.2, 0.25) is 0 Å². The van der Waals surface area contributed by atoms with E-state index >= 15 is 0 Å². The normalized spacial score (nSPS) is 14.4. The third kappa shape index (κ3) is 3.43. The molecule has 2 amide bonds. The van der Waals surface area contributed by atoms with Crippen molar-refractivity contribution in [1.29, 1.82) is 0 Å². The Kier molecular flexibility index (Phi) is 4.64. The van der Waals surface area contributed by atoms with Crippen LogP contribution in [0.2, 0.25) is 0 Å². The number of piperazine rings is 1. The Bertz CT molecular complexity index is 959. The number of benzene rings is 1. The van der Waals surface area contributed by atoms with Crippen LogP contribution in [0.25, 0.3) is 10.6 Å². The maximum atomic E-state index is 12.6. The molecule has 0 spiro atoms. The van der Waals surface area contributed by atoms with Crippen LogP contribution in [-0.4, -0.2) is 58.1 Å². The number of phenols is 1. The second-order valence-corrected chi connectivity index (χ2v) is 7.10. The topological polar surface area (TPSA) is 86.9 Å². The summed E-state index contributed by atoms with van der Waals surface area (Å²) in [6.07, 6.45) is 0. The molecular weight excluding hydrogens is 366 g/mol. The fraction of sp³-hybridized carbons (Fsp3) is 0.211. The molecule has 0 aliphatic carbocycles. The molecule has 8 heteroatoms. The van der Waals surface area contributed by atoms with Crippen molar-refractivity contribution >= 4 is 23.2 Å². The maximum Gasteiger partial charge on any atom is 0.276 e. The van der Waals surface area contributed by atoms with E-state index < -0.39 is 0 Å². The third-order valence-corrected chi connectivity index (χ3v) is 5.37. The Morgan fingerprint density at radius 2 is 1.70 bits per heavy atom. The number of amides is 2. The van der Waals surface area contributed by atoms with Gasteiger partial charge in [-0.25, -0.2) is 0 Å². The minimum Gasteiger partial charge on any atom is -0.507 e. The van der Waals surface area contributed by atoms with Crippen molar-refractivity contribution in [2.24, 2.45) is 0 Å². The summed E-state index contributed by atoms with van der Waals surface area (Å²) in [6.45, 7) is 1.60. The number of nitrogens with zero attached hydrogens (tertiary/aromatic N) is 3. The first-order valence-electron chi connectivity index (χ1n) is 8.50. The van der Waals surface area contributed by atoms with E-state index in [-0.39, 0.29) is 28.8 Å². The molecule has 1 N–H and O–H groups in total. The average Bonchev–Trinajstić information content (AvgIpc) is 3.39. The van der Waals surface area contributed by atoms with Crippen LogP contribution in [0.1, 0.15) is 20.8 Å². The summed E-state index contributed by atoms with van der Waals surface area (Å²) < 4.78 is 5.27. The van der Waals surface area contributed by atoms with Crippen LogP contribution >= 0.6 is 11.3 Å². The minimum atomic E-state index is -0.235. The Morgan fingerprint density at radius 1 is 1.00 bits per heavy atom. The summed E-state index contributed by atoms with van der Waals surface area (Å²) in [6, 6.07) is 11.9. The summed E-state index contributed by atoms with van der Waals surface area (Å²) in [4.78, 5) is 29.4. The Morgan fingerprint density at radius 3 is 2.37 bits per heavy atom. The predicted molar refractivity (Wildman–Crippen MR) is 99.7 cm³/mol. The van der Waals surface area contributed by atoms with Crippen molar-refractivity contribution in [2.75, 3.05) is 26.2 Å². The number of para-hydroxylation sites is 1. The predicted octanol–water partition coefficient (Wildman–Crippen LogP) is 2.71. The third-order valence-electron chi connectivity index (χ3n) is 4.48. The Hall–Kier alpha value is -3.13. The second kappa shape index (κ2) is 7.24. The highest BCUT2D eigenvalue weighted by Gasteiger charge is 2.28. The summed E-state index contributed by atoms with van der Waals surface area (Å²) >= 11 is 1.52. The van der Waals surface area contributed by atoms with Crippen LogP contribution in [0, 0.1) is 0 Å². The van der Waals surface area contributed by atoms with Gasteiger partial charge in [-0.1, -0.05) is 23.4 Å². The SMILES string of the molecule is O=C(c1cc(-c2cccs2)on1)N1CCN(C(=O)c2ccccc2O)CC1. The van der Waals surface area contributed by atoms with Gasteiger partial charge in [-0.15, -0.1) is 11.3 Å². The van der Waals surface area contributed by atoms with Crippen molar-refractivity contribution in [2.45, 2.75) is 0 Å². The molecule has 27 heavy (non-hydrogen) atoms. The van der Waals surface area contributed by atoms with Gasteiger partial charge in [0.25, 0.3) is 11.8 Å². The van der Waals surface area contributed by atoms with Gasteiger partial charge < -0.3 is 19.4 Å². The zero-order valence-corrected chi connectivity index (χ0v) is 15.2. The van der Waals surface area contributed by atoms with E-state index in [1.165, 1.54) is 17.4 Å². The monoisotopic (exact) mass is 383 g/mol. The van der Waals surface area contributed by atoms with Crippen LogP contribution < -0.4 is 0 Å². The van der Waals surface area contributed by atoms with Gasteiger partial charge in [-0.05, 0) is 23.6 Å². The minimum absolute atomic E-state index is 0.0373. The van der Waals surface area contributed by atoms with Crippen LogP contribution in [0.5, 0.6) is 5.75 Å². The van der Waals surface area contributed by atoms with Crippen LogP contribution in [0.15, 0.2) is 52.4 Å². The van der Waals surface area contributed by atoms with Crippen molar-refractivity contribution < 1.29 is 19.2 Å². The van der Waals surface area contributed by atoms with Crippen molar-refractivity contribution in [1.82, 2.24) is 15.0 Å². The first-order chi connectivity index (χ1) is 13.1. The molecule has 0 bridgehead atoms. The van der Waals surface area contributed by atoms with E-state index in [1.807, 2.05) is 17.5 Å². The average molecular weight is 383 g/mol. The molecule has 0 atom stereocenters. The zero-order chi connectivity index (χ0) is 18.8. The molecule has 1 fully saturated rings. The number of aromatic hydroxyl groups is 1. The standard InChI is InChI=1S/C19H17N3O4S/c23-15-5-2-1-4-13(15)18(24)21-7-9-22(10-8-21)19(25)14-12-16(26-20-14)17-6-3-11-27-17/h1-6,11-12,23H,7-10H2. The highest BCUT2D eigenvalue weighted by Crippen LogP contribution is 2.26. The van der Waals surface area contributed by atoms with Crippen LogP contribution in [-0.2, 0) is 0 Å². The molecule has 138 valence electrons. The lowest BCUT2D eigenvalue weighted by Crippen LogP contribution is -2.50. The molecule has 7 nitrogen and oxygen atoms in total. The summed E-state index contributed by atoms with van der Waals surface area (Å²) in [5.74, 6) is 0.0873. The number of hydrogen-bond acceptors (Lipinski definition) is 6. The molecule has 1 aliphatic heterocycles. The molecule has 0 unspecified atom stereocenters. The first kappa shape index (κ1) is 17.3. The van der Waals surface area contributed by atoms with Gasteiger partial charge in [0.15, 0.2) is 11.5 Å². The van der Waals surface area contributed by atoms with E-state index in [0.29, 0.717) is 31.9 Å². The van der Waals surface area contributed by atoms with E-state index in [2.05, 4.69) is 5.16 Å². The maximum absolute atomic E-state index is 12.6. The fourth-order valence-corrected chi connectivity index (χ4v) is 3.68. The van der Waals surface area contributed by atoms with Gasteiger partial charge in [-0.3, -0.25) is 9.59 Å². The Balaban J connectivity index is 1.40. The quantitative estimate of drug-likeness (QED) is 0.751. The lowest BCUT2D eigenvalue weighted by Gasteiger charge is -2.34. The van der Waals surface area contributed by atoms with E-state index in [0.717, 1.165) is 4.88 Å². The van der Waals surface area contributed by atoms with Crippen LogP contribution in [0.3, 0.4) is 0 Å². The molecule has 1 saturated heterocycles. The molecule has 3 aromatic rings. The molecule has 0 radical (unpaired) electrons. The van der Waals surface area contributed by atoms with Gasteiger partial charge in [-0.2, -0.15) is 0 Å². The van der Waals surface area contributed by atoms with Gasteiger partial charge in [0.1, 0.15) is 5.75 Å². The molecule has 1 aromatic carbocycles. The number of thiophene rings is 1. The molecule has 4 rings (SSSR count). The number of phenolic OH excluding ortho intramolecular Hbond substituents is 1. The number of carbonyl (C=O) groups excluding carboxylic acids is 2. The molecule has 2 aromatic heterocycles. The second-order valence-electron chi connectivity index (χ2n) is 6.16. The number of hydrogen-bond donors (Lipinski definition) is 1. The van der Waals surface area contributed by atoms with Gasteiger partial charge in [0, 0.05) is 32.2 Å². The fourth-order valence-electron chi connectivity index (χ4n) is 3.01. The molecular formula is C19H17N3O4S. The summed E-state index contributed by atoms with van der Waals surface area (Å²) in [5.41, 5.74) is 0.535. The molecule has 0 saturated carbocycles. The molecule has 1 aliphatic rings. The highest BCUT2D eigenvalue weighted by atomic mass is 32.1. The summed E-state index contributed by atoms with van der Waals surface area (Å²) in [5, 5.41) is 15.7. The number of rotatable bonds is 3. The van der Waals surface area contributed by atoms with Crippen molar-refractivity contribution in [3.8, 4) is 16.4 Å². The first-order valence-corrected chi connectivity index (χ1v) is 9.38. The summed E-state index contributed by atoms with van der Waals surface area (Å²) in [7, 11) is 0.